The van der Waals surface area contributed by atoms with Crippen LogP contribution < -0.4 is 4.72 Å². The van der Waals surface area contributed by atoms with E-state index in [0.717, 1.165) is 6.07 Å². The summed E-state index contributed by atoms with van der Waals surface area (Å²) < 4.78 is 39.8. The van der Waals surface area contributed by atoms with Crippen LogP contribution in [-0.2, 0) is 14.8 Å². The van der Waals surface area contributed by atoms with E-state index in [9.17, 15) is 17.6 Å². The van der Waals surface area contributed by atoms with Crippen molar-refractivity contribution in [1.29, 1.82) is 0 Å². The van der Waals surface area contributed by atoms with Crippen molar-refractivity contribution in [2.45, 2.75) is 31.7 Å². The summed E-state index contributed by atoms with van der Waals surface area (Å²) in [6, 6.07) is 1.95. The van der Waals surface area contributed by atoms with Crippen molar-refractivity contribution < 1.29 is 22.7 Å². The van der Waals surface area contributed by atoms with Crippen LogP contribution in [-0.4, -0.2) is 25.5 Å². The Balaban J connectivity index is 3.16. The van der Waals surface area contributed by atoms with Crippen LogP contribution in [0.4, 0.5) is 4.39 Å². The molecule has 0 fully saturated rings. The molecule has 5 nitrogen and oxygen atoms in total. The third kappa shape index (κ3) is 4.00. The molecule has 8 heteroatoms. The smallest absolute Gasteiger partial charge is 0.322 e. The zero-order chi connectivity index (χ0) is 15.7. The average Bonchev–Trinajstić information content (AvgIpc) is 2.27. The van der Waals surface area contributed by atoms with E-state index in [1.165, 1.54) is 12.1 Å². The first-order valence-electron chi connectivity index (χ1n) is 5.65. The summed E-state index contributed by atoms with van der Waals surface area (Å²) in [7, 11) is -4.12. The number of carboxylic acid groups (broad SMARTS) is 1. The summed E-state index contributed by atoms with van der Waals surface area (Å²) in [6.45, 7) is 4.78. The molecule has 0 bridgehead atoms. The molecule has 2 N–H and O–H groups in total. The average molecular weight is 368 g/mol. The molecule has 112 valence electrons. The van der Waals surface area contributed by atoms with Crippen molar-refractivity contribution >= 4 is 31.9 Å². The van der Waals surface area contributed by atoms with Gasteiger partial charge in [0, 0.05) is 0 Å². The second-order valence-corrected chi connectivity index (χ2v) is 7.90. The van der Waals surface area contributed by atoms with Gasteiger partial charge in [0.2, 0.25) is 10.0 Å². The maximum absolute atomic E-state index is 13.4. The maximum atomic E-state index is 13.4. The number of sulfonamides is 1. The SMILES string of the molecule is CC(C)(C)C(NS(=O)(=O)c1ccc(Br)c(F)c1)C(=O)O. The van der Waals surface area contributed by atoms with Crippen LogP contribution >= 0.6 is 15.9 Å². The van der Waals surface area contributed by atoms with Gasteiger partial charge in [-0.3, -0.25) is 4.79 Å². The molecule has 0 aliphatic rings. The van der Waals surface area contributed by atoms with Crippen LogP contribution in [0, 0.1) is 11.2 Å². The highest BCUT2D eigenvalue weighted by molar-refractivity contribution is 9.10. The highest BCUT2D eigenvalue weighted by atomic mass is 79.9. The lowest BCUT2D eigenvalue weighted by Gasteiger charge is -2.27. The van der Waals surface area contributed by atoms with Crippen molar-refractivity contribution in [1.82, 2.24) is 4.72 Å². The quantitative estimate of drug-likeness (QED) is 0.855. The molecule has 1 rings (SSSR count). The first-order chi connectivity index (χ1) is 8.95. The summed E-state index contributed by atoms with van der Waals surface area (Å²) >= 11 is 2.92. The predicted octanol–water partition coefficient (Wildman–Crippen LogP) is 2.37. The van der Waals surface area contributed by atoms with Gasteiger partial charge in [0.15, 0.2) is 0 Å². The number of carboxylic acids is 1. The molecule has 1 aromatic rings. The highest BCUT2D eigenvalue weighted by Gasteiger charge is 2.35. The molecule has 20 heavy (non-hydrogen) atoms. The molecule has 0 aliphatic carbocycles. The van der Waals surface area contributed by atoms with Gasteiger partial charge in [-0.15, -0.1) is 0 Å². The molecule has 0 heterocycles. The second-order valence-electron chi connectivity index (χ2n) is 5.33. The maximum Gasteiger partial charge on any atom is 0.322 e. The Kier molecular flexibility index (Phi) is 4.94. The first-order valence-corrected chi connectivity index (χ1v) is 7.93. The third-order valence-corrected chi connectivity index (χ3v) is 4.65. The van der Waals surface area contributed by atoms with Crippen molar-refractivity contribution in [3.05, 3.63) is 28.5 Å². The van der Waals surface area contributed by atoms with E-state index < -0.39 is 33.3 Å². The van der Waals surface area contributed by atoms with Gasteiger partial charge in [-0.2, -0.15) is 4.72 Å². The standard InChI is InChI=1S/C12H15BrFNO4S/c1-12(2,3)10(11(16)17)15-20(18,19)7-4-5-8(13)9(14)6-7/h4-6,10,15H,1-3H3,(H,16,17). The first kappa shape index (κ1) is 17.1. The van der Waals surface area contributed by atoms with Gasteiger partial charge in [0.25, 0.3) is 0 Å². The molecule has 0 saturated carbocycles. The van der Waals surface area contributed by atoms with E-state index in [2.05, 4.69) is 20.7 Å². The van der Waals surface area contributed by atoms with E-state index in [0.29, 0.717) is 0 Å². The van der Waals surface area contributed by atoms with Gasteiger partial charge in [0.1, 0.15) is 11.9 Å². The van der Waals surface area contributed by atoms with E-state index in [1.807, 2.05) is 0 Å². The number of hydrogen-bond acceptors (Lipinski definition) is 3. The molecule has 1 atom stereocenters. The van der Waals surface area contributed by atoms with Crippen LogP contribution in [0.15, 0.2) is 27.6 Å². The van der Waals surface area contributed by atoms with E-state index in [4.69, 9.17) is 5.11 Å². The molecular formula is C12H15BrFNO4S. The fourth-order valence-electron chi connectivity index (χ4n) is 1.46. The molecule has 1 aromatic carbocycles. The van der Waals surface area contributed by atoms with E-state index >= 15 is 0 Å². The van der Waals surface area contributed by atoms with Crippen molar-refractivity contribution in [2.24, 2.45) is 5.41 Å². The minimum atomic E-state index is -4.12. The molecule has 1 unspecified atom stereocenters. The lowest BCUT2D eigenvalue weighted by atomic mass is 9.88. The molecular weight excluding hydrogens is 353 g/mol. The number of hydrogen-bond donors (Lipinski definition) is 2. The van der Waals surface area contributed by atoms with Crippen molar-refractivity contribution in [3.63, 3.8) is 0 Å². The van der Waals surface area contributed by atoms with Gasteiger partial charge in [0.05, 0.1) is 9.37 Å². The number of aliphatic carboxylic acids is 1. The van der Waals surface area contributed by atoms with Crippen LogP contribution in [0.3, 0.4) is 0 Å². The van der Waals surface area contributed by atoms with Gasteiger partial charge in [-0.25, -0.2) is 12.8 Å². The summed E-state index contributed by atoms with van der Waals surface area (Å²) in [4.78, 5) is 10.8. The lowest BCUT2D eigenvalue weighted by Crippen LogP contribution is -2.48. The Labute approximate surface area is 125 Å². The number of carbonyl (C=O) groups is 1. The summed E-state index contributed by atoms with van der Waals surface area (Å²) in [5.74, 6) is -2.03. The Morgan fingerprint density at radius 1 is 1.40 bits per heavy atom. The van der Waals surface area contributed by atoms with Crippen LogP contribution in [0.5, 0.6) is 0 Å². The zero-order valence-corrected chi connectivity index (χ0v) is 13.5. The number of halogens is 2. The Hall–Kier alpha value is -0.990. The minimum absolute atomic E-state index is 0.127. The monoisotopic (exact) mass is 367 g/mol. The minimum Gasteiger partial charge on any atom is -0.480 e. The largest absolute Gasteiger partial charge is 0.480 e. The molecule has 0 saturated heterocycles. The summed E-state index contributed by atoms with van der Waals surface area (Å²) in [6.07, 6.45) is 0. The highest BCUT2D eigenvalue weighted by Crippen LogP contribution is 2.23. The third-order valence-electron chi connectivity index (χ3n) is 2.59. The van der Waals surface area contributed by atoms with Gasteiger partial charge in [-0.05, 0) is 39.5 Å². The Morgan fingerprint density at radius 3 is 2.35 bits per heavy atom. The number of nitrogens with one attached hydrogen (secondary N) is 1. The fraction of sp³-hybridized carbons (Fsp3) is 0.417. The molecule has 0 amide bonds. The Bertz CT molecular complexity index is 625. The number of rotatable bonds is 4. The van der Waals surface area contributed by atoms with E-state index in [1.54, 1.807) is 20.8 Å². The van der Waals surface area contributed by atoms with Crippen molar-refractivity contribution in [2.75, 3.05) is 0 Å². The van der Waals surface area contributed by atoms with Crippen LogP contribution in [0.2, 0.25) is 0 Å². The van der Waals surface area contributed by atoms with E-state index in [-0.39, 0.29) is 9.37 Å². The van der Waals surface area contributed by atoms with Crippen molar-refractivity contribution in [3.8, 4) is 0 Å². The predicted molar refractivity (Wildman–Crippen MR) is 75.3 cm³/mol. The second kappa shape index (κ2) is 5.79. The molecule has 0 radical (unpaired) electrons. The molecule has 0 aliphatic heterocycles. The Morgan fingerprint density at radius 2 is 1.95 bits per heavy atom. The normalized spacial score (nSPS) is 14.1. The lowest BCUT2D eigenvalue weighted by molar-refractivity contribution is -0.141. The van der Waals surface area contributed by atoms with Crippen LogP contribution in [0.25, 0.3) is 0 Å². The zero-order valence-electron chi connectivity index (χ0n) is 11.1. The fourth-order valence-corrected chi connectivity index (χ4v) is 3.12. The summed E-state index contributed by atoms with van der Waals surface area (Å²) in [5.41, 5.74) is -0.827. The number of benzene rings is 1. The topological polar surface area (TPSA) is 83.5 Å². The summed E-state index contributed by atoms with van der Waals surface area (Å²) in [5, 5.41) is 9.11. The van der Waals surface area contributed by atoms with Gasteiger partial charge >= 0.3 is 5.97 Å². The van der Waals surface area contributed by atoms with Gasteiger partial charge < -0.3 is 5.11 Å². The molecule has 0 spiro atoms. The molecule has 0 aromatic heterocycles. The van der Waals surface area contributed by atoms with Crippen LogP contribution in [0.1, 0.15) is 20.8 Å². The van der Waals surface area contributed by atoms with Gasteiger partial charge in [-0.1, -0.05) is 20.8 Å².